The van der Waals surface area contributed by atoms with Gasteiger partial charge in [-0.15, -0.1) is 0 Å². The molecule has 0 aromatic carbocycles. The highest BCUT2D eigenvalue weighted by atomic mass is 32.1. The van der Waals surface area contributed by atoms with Gasteiger partial charge in [-0.3, -0.25) is 0 Å². The van der Waals surface area contributed by atoms with Crippen LogP contribution in [0.15, 0.2) is 12.5 Å². The number of rotatable bonds is 3. The summed E-state index contributed by atoms with van der Waals surface area (Å²) >= 11 is 5.02. The average Bonchev–Trinajstić information content (AvgIpc) is 2.48. The molecule has 1 heterocycles. The summed E-state index contributed by atoms with van der Waals surface area (Å²) in [5.74, 6) is 0. The van der Waals surface area contributed by atoms with Gasteiger partial charge < -0.3 is 15.2 Å². The average molecular weight is 198 g/mol. The molecule has 5 heteroatoms. The summed E-state index contributed by atoms with van der Waals surface area (Å²) in [6, 6.07) is 0. The monoisotopic (exact) mass is 198 g/mol. The predicted molar refractivity (Wildman–Crippen MR) is 56.3 cm³/mol. The van der Waals surface area contributed by atoms with E-state index in [0.29, 0.717) is 11.7 Å². The normalized spacial score (nSPS) is 9.69. The molecule has 0 fully saturated rings. The highest BCUT2D eigenvalue weighted by Crippen LogP contribution is 1.94. The molecule has 0 aliphatic heterocycles. The summed E-state index contributed by atoms with van der Waals surface area (Å²) < 4.78 is 1.96. The molecule has 0 radical (unpaired) electrons. The second kappa shape index (κ2) is 4.81. The summed E-state index contributed by atoms with van der Waals surface area (Å²) in [4.78, 5) is 4.00. The fourth-order valence-electron chi connectivity index (χ4n) is 0.949. The molecule has 1 rings (SSSR count). The molecule has 0 bridgehead atoms. The third-order valence-corrected chi connectivity index (χ3v) is 1.97. The molecule has 0 unspecified atom stereocenters. The van der Waals surface area contributed by atoms with Gasteiger partial charge in [-0.2, -0.15) is 0 Å². The van der Waals surface area contributed by atoms with Crippen LogP contribution in [0.1, 0.15) is 12.6 Å². The zero-order chi connectivity index (χ0) is 9.68. The fraction of sp³-hybridized carbons (Fsp3) is 0.500. The fourth-order valence-corrected chi connectivity index (χ4v) is 1.17. The van der Waals surface area contributed by atoms with Crippen LogP contribution in [0.2, 0.25) is 0 Å². The van der Waals surface area contributed by atoms with Crippen LogP contribution < -0.4 is 10.6 Å². The molecule has 72 valence electrons. The van der Waals surface area contributed by atoms with Crippen LogP contribution in [-0.4, -0.2) is 21.2 Å². The predicted octanol–water partition coefficient (Wildman–Crippen LogP) is 0.404. The molecule has 1 aromatic heterocycles. The van der Waals surface area contributed by atoms with Crippen molar-refractivity contribution in [2.75, 3.05) is 6.54 Å². The van der Waals surface area contributed by atoms with E-state index < -0.39 is 0 Å². The lowest BCUT2D eigenvalue weighted by molar-refractivity contribution is 0.766. The Balaban J connectivity index is 2.35. The zero-order valence-electron chi connectivity index (χ0n) is 7.87. The first-order valence-corrected chi connectivity index (χ1v) is 4.61. The number of imidazole rings is 1. The third-order valence-electron chi connectivity index (χ3n) is 1.68. The molecule has 2 N–H and O–H groups in total. The molecule has 4 nitrogen and oxygen atoms in total. The maximum absolute atomic E-state index is 5.02. The minimum absolute atomic E-state index is 0.684. The Morgan fingerprint density at radius 3 is 2.92 bits per heavy atom. The van der Waals surface area contributed by atoms with Gasteiger partial charge in [0.15, 0.2) is 5.11 Å². The van der Waals surface area contributed by atoms with Gasteiger partial charge in [0.2, 0.25) is 0 Å². The van der Waals surface area contributed by atoms with Crippen molar-refractivity contribution in [3.8, 4) is 0 Å². The summed E-state index contributed by atoms with van der Waals surface area (Å²) in [5.41, 5.74) is 1.11. The molecule has 0 aliphatic rings. The Morgan fingerprint density at radius 2 is 2.38 bits per heavy atom. The zero-order valence-corrected chi connectivity index (χ0v) is 8.69. The molecule has 13 heavy (non-hydrogen) atoms. The number of thiocarbonyl (C=S) groups is 1. The molecule has 0 aliphatic carbocycles. The van der Waals surface area contributed by atoms with Crippen molar-refractivity contribution in [2.45, 2.75) is 13.5 Å². The quantitative estimate of drug-likeness (QED) is 0.690. The minimum atomic E-state index is 0.684. The second-order valence-electron chi connectivity index (χ2n) is 2.71. The van der Waals surface area contributed by atoms with Gasteiger partial charge in [0.1, 0.15) is 0 Å². The Hall–Kier alpha value is -1.10. The van der Waals surface area contributed by atoms with Crippen molar-refractivity contribution in [3.63, 3.8) is 0 Å². The number of aromatic nitrogens is 2. The summed E-state index contributed by atoms with van der Waals surface area (Å²) in [7, 11) is 1.96. The lowest BCUT2D eigenvalue weighted by Gasteiger charge is -2.08. The smallest absolute Gasteiger partial charge is 0.166 e. The van der Waals surface area contributed by atoms with Gasteiger partial charge in [0, 0.05) is 19.8 Å². The van der Waals surface area contributed by atoms with E-state index in [1.54, 1.807) is 6.33 Å². The topological polar surface area (TPSA) is 41.9 Å². The Morgan fingerprint density at radius 1 is 1.62 bits per heavy atom. The molecule has 0 atom stereocenters. The van der Waals surface area contributed by atoms with E-state index in [0.717, 1.165) is 12.2 Å². The largest absolute Gasteiger partial charge is 0.363 e. The number of hydrogen-bond donors (Lipinski definition) is 2. The lowest BCUT2D eigenvalue weighted by atomic mass is 10.4. The molecule has 0 saturated heterocycles. The van der Waals surface area contributed by atoms with Crippen molar-refractivity contribution in [1.82, 2.24) is 20.2 Å². The lowest BCUT2D eigenvalue weighted by Crippen LogP contribution is -2.34. The van der Waals surface area contributed by atoms with Crippen molar-refractivity contribution in [3.05, 3.63) is 18.2 Å². The van der Waals surface area contributed by atoms with E-state index >= 15 is 0 Å². The summed E-state index contributed by atoms with van der Waals surface area (Å²) in [6.45, 7) is 3.57. The van der Waals surface area contributed by atoms with E-state index in [9.17, 15) is 0 Å². The van der Waals surface area contributed by atoms with Gasteiger partial charge >= 0.3 is 0 Å². The van der Waals surface area contributed by atoms with Crippen molar-refractivity contribution in [2.24, 2.45) is 7.05 Å². The maximum atomic E-state index is 5.02. The number of hydrogen-bond acceptors (Lipinski definition) is 2. The van der Waals surface area contributed by atoms with Gasteiger partial charge in [0.05, 0.1) is 18.6 Å². The van der Waals surface area contributed by atoms with Crippen molar-refractivity contribution in [1.29, 1.82) is 0 Å². The Kier molecular flexibility index (Phi) is 3.70. The highest BCUT2D eigenvalue weighted by Gasteiger charge is 1.98. The van der Waals surface area contributed by atoms with Crippen molar-refractivity contribution >= 4 is 17.3 Å². The third kappa shape index (κ3) is 3.02. The maximum Gasteiger partial charge on any atom is 0.166 e. The SMILES string of the molecule is CCNC(=S)NCc1cncn1C. The van der Waals surface area contributed by atoms with Gasteiger partial charge in [-0.1, -0.05) is 0 Å². The first-order chi connectivity index (χ1) is 6.24. The molecule has 0 amide bonds. The van der Waals surface area contributed by atoms with E-state index in [2.05, 4.69) is 15.6 Å². The van der Waals surface area contributed by atoms with Gasteiger partial charge in [0.25, 0.3) is 0 Å². The van der Waals surface area contributed by atoms with Crippen LogP contribution in [-0.2, 0) is 13.6 Å². The van der Waals surface area contributed by atoms with Crippen LogP contribution in [0.4, 0.5) is 0 Å². The number of aryl methyl sites for hydroxylation is 1. The van der Waals surface area contributed by atoms with E-state index in [1.807, 2.05) is 24.7 Å². The summed E-state index contributed by atoms with van der Waals surface area (Å²) in [6.07, 6.45) is 3.59. The van der Waals surface area contributed by atoms with Crippen LogP contribution in [0.25, 0.3) is 0 Å². The standard InChI is InChI=1S/C8H14N4S/c1-3-10-8(13)11-5-7-4-9-6-12(7)2/h4,6H,3,5H2,1-2H3,(H2,10,11,13). The van der Waals surface area contributed by atoms with Crippen LogP contribution in [0.3, 0.4) is 0 Å². The molecule has 0 spiro atoms. The Bertz CT molecular complexity index is 281. The van der Waals surface area contributed by atoms with E-state index in [1.165, 1.54) is 0 Å². The molecular weight excluding hydrogens is 184 g/mol. The minimum Gasteiger partial charge on any atom is -0.363 e. The first-order valence-electron chi connectivity index (χ1n) is 4.21. The van der Waals surface area contributed by atoms with Gasteiger partial charge in [-0.25, -0.2) is 4.98 Å². The van der Waals surface area contributed by atoms with Crippen LogP contribution >= 0.6 is 12.2 Å². The molecule has 1 aromatic rings. The van der Waals surface area contributed by atoms with Gasteiger partial charge in [-0.05, 0) is 19.1 Å². The summed E-state index contributed by atoms with van der Waals surface area (Å²) in [5, 5.41) is 6.79. The number of nitrogens with zero attached hydrogens (tertiary/aromatic N) is 2. The van der Waals surface area contributed by atoms with Crippen LogP contribution in [0.5, 0.6) is 0 Å². The molecule has 0 saturated carbocycles. The Labute approximate surface area is 83.4 Å². The van der Waals surface area contributed by atoms with Crippen molar-refractivity contribution < 1.29 is 0 Å². The number of nitrogens with one attached hydrogen (secondary N) is 2. The highest BCUT2D eigenvalue weighted by molar-refractivity contribution is 7.80. The molecular formula is C8H14N4S. The van der Waals surface area contributed by atoms with E-state index in [-0.39, 0.29) is 0 Å². The van der Waals surface area contributed by atoms with E-state index in [4.69, 9.17) is 12.2 Å². The second-order valence-corrected chi connectivity index (χ2v) is 3.12. The van der Waals surface area contributed by atoms with Crippen LogP contribution in [0, 0.1) is 0 Å². The first kappa shape index (κ1) is 9.98.